The highest BCUT2D eigenvalue weighted by molar-refractivity contribution is 5.95. The van der Waals surface area contributed by atoms with Crippen LogP contribution in [-0.2, 0) is 27.2 Å². The zero-order chi connectivity index (χ0) is 32.4. The first-order valence-electron chi connectivity index (χ1n) is 15.7. The smallest absolute Gasteiger partial charge is 0.246 e. The quantitative estimate of drug-likeness (QED) is 0.238. The lowest BCUT2D eigenvalue weighted by Gasteiger charge is -2.37. The summed E-state index contributed by atoms with van der Waals surface area (Å²) in [4.78, 5) is 44.0. The summed E-state index contributed by atoms with van der Waals surface area (Å²) in [7, 11) is 3.23. The van der Waals surface area contributed by atoms with Crippen LogP contribution in [0.1, 0.15) is 43.7 Å². The molecule has 4 rings (SSSR count). The van der Waals surface area contributed by atoms with Gasteiger partial charge in [0, 0.05) is 39.0 Å². The summed E-state index contributed by atoms with van der Waals surface area (Å²) in [5, 5.41) is 12.6. The Morgan fingerprint density at radius 1 is 0.844 bits per heavy atom. The molecule has 0 bridgehead atoms. The SMILES string of the molecule is C[C@@H](O)CNC(=O)[C@@H](Cc1ccccc1)N(C)C(=O)[C@@H](Cc1ccc(-c2ccccc2)cc1)N(C)C(=O)C=CCC1(N)CCC1. The molecule has 1 aliphatic carbocycles. The van der Waals surface area contributed by atoms with Gasteiger partial charge in [0.15, 0.2) is 0 Å². The Labute approximate surface area is 266 Å². The maximum absolute atomic E-state index is 14.3. The largest absolute Gasteiger partial charge is 0.392 e. The van der Waals surface area contributed by atoms with Crippen LogP contribution in [0.5, 0.6) is 0 Å². The summed E-state index contributed by atoms with van der Waals surface area (Å²) < 4.78 is 0. The van der Waals surface area contributed by atoms with Crippen molar-refractivity contribution in [1.82, 2.24) is 15.1 Å². The van der Waals surface area contributed by atoms with Crippen LogP contribution in [0.4, 0.5) is 0 Å². The third-order valence-electron chi connectivity index (χ3n) is 8.69. The van der Waals surface area contributed by atoms with Crippen LogP contribution >= 0.6 is 0 Å². The Morgan fingerprint density at radius 2 is 1.40 bits per heavy atom. The molecule has 238 valence electrons. The molecule has 3 amide bonds. The van der Waals surface area contributed by atoms with E-state index in [1.165, 1.54) is 15.9 Å². The number of carbonyl (C=O) groups is 3. The molecule has 3 aromatic carbocycles. The fraction of sp³-hybridized carbons (Fsp3) is 0.378. The van der Waals surface area contributed by atoms with Crippen LogP contribution in [0.2, 0.25) is 0 Å². The molecule has 1 fully saturated rings. The van der Waals surface area contributed by atoms with Crippen molar-refractivity contribution in [3.05, 3.63) is 108 Å². The van der Waals surface area contributed by atoms with Gasteiger partial charge in [-0.15, -0.1) is 0 Å². The van der Waals surface area contributed by atoms with E-state index in [-0.39, 0.29) is 42.6 Å². The van der Waals surface area contributed by atoms with Crippen molar-refractivity contribution in [2.75, 3.05) is 20.6 Å². The number of hydrogen-bond donors (Lipinski definition) is 3. The van der Waals surface area contributed by atoms with Crippen molar-refractivity contribution in [3.63, 3.8) is 0 Å². The Morgan fingerprint density at radius 3 is 1.98 bits per heavy atom. The Kier molecular flexibility index (Phi) is 11.7. The number of carbonyl (C=O) groups excluding carboxylic acids is 3. The summed E-state index contributed by atoms with van der Waals surface area (Å²) in [6.45, 7) is 1.65. The van der Waals surface area contributed by atoms with Gasteiger partial charge in [0.25, 0.3) is 0 Å². The number of nitrogens with zero attached hydrogens (tertiary/aromatic N) is 2. The molecule has 3 atom stereocenters. The predicted octanol–water partition coefficient (Wildman–Crippen LogP) is 4.12. The van der Waals surface area contributed by atoms with Crippen LogP contribution in [0.15, 0.2) is 97.1 Å². The molecule has 0 spiro atoms. The van der Waals surface area contributed by atoms with Crippen LogP contribution < -0.4 is 11.1 Å². The molecule has 0 saturated heterocycles. The van der Waals surface area contributed by atoms with Gasteiger partial charge in [-0.3, -0.25) is 14.4 Å². The fourth-order valence-electron chi connectivity index (χ4n) is 5.58. The van der Waals surface area contributed by atoms with Crippen LogP contribution in [0.25, 0.3) is 11.1 Å². The molecule has 0 radical (unpaired) electrons. The molecule has 3 aromatic rings. The van der Waals surface area contributed by atoms with E-state index in [1.54, 1.807) is 27.1 Å². The third kappa shape index (κ3) is 9.36. The maximum atomic E-state index is 14.3. The van der Waals surface area contributed by atoms with Gasteiger partial charge < -0.3 is 26.0 Å². The second-order valence-electron chi connectivity index (χ2n) is 12.3. The van der Waals surface area contributed by atoms with E-state index < -0.39 is 18.2 Å². The summed E-state index contributed by atoms with van der Waals surface area (Å²) in [5.74, 6) is -1.03. The first kappa shape index (κ1) is 33.6. The summed E-state index contributed by atoms with van der Waals surface area (Å²) >= 11 is 0. The first-order chi connectivity index (χ1) is 21.6. The van der Waals surface area contributed by atoms with E-state index in [4.69, 9.17) is 5.73 Å². The van der Waals surface area contributed by atoms with E-state index in [0.29, 0.717) is 6.42 Å². The highest BCUT2D eigenvalue weighted by Crippen LogP contribution is 2.32. The van der Waals surface area contributed by atoms with E-state index in [2.05, 4.69) is 5.32 Å². The van der Waals surface area contributed by atoms with Gasteiger partial charge in [-0.25, -0.2) is 0 Å². The van der Waals surface area contributed by atoms with Gasteiger partial charge >= 0.3 is 0 Å². The number of nitrogens with two attached hydrogens (primary N) is 1. The second-order valence-corrected chi connectivity index (χ2v) is 12.3. The van der Waals surface area contributed by atoms with Gasteiger partial charge in [-0.1, -0.05) is 91.0 Å². The monoisotopic (exact) mass is 610 g/mol. The molecule has 0 heterocycles. The molecule has 8 nitrogen and oxygen atoms in total. The summed E-state index contributed by atoms with van der Waals surface area (Å²) in [6.07, 6.45) is 6.70. The molecule has 1 aliphatic rings. The third-order valence-corrected chi connectivity index (χ3v) is 8.69. The lowest BCUT2D eigenvalue weighted by atomic mass is 9.75. The fourth-order valence-corrected chi connectivity index (χ4v) is 5.58. The van der Waals surface area contributed by atoms with Gasteiger partial charge in [-0.05, 0) is 60.9 Å². The minimum Gasteiger partial charge on any atom is -0.392 e. The molecule has 1 saturated carbocycles. The predicted molar refractivity (Wildman–Crippen MR) is 178 cm³/mol. The van der Waals surface area contributed by atoms with Gasteiger partial charge in [0.2, 0.25) is 17.7 Å². The van der Waals surface area contributed by atoms with Crippen molar-refractivity contribution in [2.45, 2.75) is 69.2 Å². The molecule has 0 aromatic heterocycles. The van der Waals surface area contributed by atoms with E-state index in [0.717, 1.165) is 41.5 Å². The van der Waals surface area contributed by atoms with Gasteiger partial charge in [0.05, 0.1) is 6.10 Å². The number of nitrogens with one attached hydrogen (secondary N) is 1. The second kappa shape index (κ2) is 15.6. The Bertz CT molecular complexity index is 1440. The molecular weight excluding hydrogens is 564 g/mol. The molecule has 45 heavy (non-hydrogen) atoms. The number of benzene rings is 3. The number of hydrogen-bond acceptors (Lipinski definition) is 5. The summed E-state index contributed by atoms with van der Waals surface area (Å²) in [6, 6.07) is 25.8. The Hall–Kier alpha value is -4.27. The zero-order valence-electron chi connectivity index (χ0n) is 26.6. The van der Waals surface area contributed by atoms with Crippen molar-refractivity contribution >= 4 is 17.7 Å². The highest BCUT2D eigenvalue weighted by atomic mass is 16.3. The lowest BCUT2D eigenvalue weighted by Crippen LogP contribution is -2.56. The summed E-state index contributed by atoms with van der Waals surface area (Å²) in [5.41, 5.74) is 10.0. The molecule has 8 heteroatoms. The molecule has 0 unspecified atom stereocenters. The maximum Gasteiger partial charge on any atom is 0.246 e. The molecular formula is C37H46N4O4. The number of aliphatic hydroxyl groups excluding tert-OH is 1. The van der Waals surface area contributed by atoms with Crippen molar-refractivity contribution < 1.29 is 19.5 Å². The van der Waals surface area contributed by atoms with Crippen molar-refractivity contribution in [1.29, 1.82) is 0 Å². The van der Waals surface area contributed by atoms with Crippen LogP contribution in [-0.4, -0.2) is 77.0 Å². The van der Waals surface area contributed by atoms with Crippen LogP contribution in [0.3, 0.4) is 0 Å². The molecule has 4 N–H and O–H groups in total. The van der Waals surface area contributed by atoms with Crippen molar-refractivity contribution in [2.24, 2.45) is 5.73 Å². The number of rotatable bonds is 14. The molecule has 0 aliphatic heterocycles. The van der Waals surface area contributed by atoms with Crippen LogP contribution in [0, 0.1) is 0 Å². The minimum atomic E-state index is -0.867. The highest BCUT2D eigenvalue weighted by Gasteiger charge is 2.35. The van der Waals surface area contributed by atoms with E-state index in [1.807, 2.05) is 84.9 Å². The normalized spacial score (nSPS) is 15.8. The zero-order valence-corrected chi connectivity index (χ0v) is 26.6. The van der Waals surface area contributed by atoms with E-state index in [9.17, 15) is 19.5 Å². The number of amides is 3. The minimum absolute atomic E-state index is 0.0646. The average molecular weight is 611 g/mol. The Balaban J connectivity index is 1.59. The van der Waals surface area contributed by atoms with Gasteiger partial charge in [0.1, 0.15) is 12.1 Å². The van der Waals surface area contributed by atoms with Crippen molar-refractivity contribution in [3.8, 4) is 11.1 Å². The number of likely N-dealkylation sites (N-methyl/N-ethyl adjacent to an activating group) is 2. The standard InChI is InChI=1S/C37H46N4O4/c1-27(42)26-39-35(44)32(24-28-12-6-4-7-13-28)41(3)36(45)33(40(2)34(43)16-10-21-37(38)22-11-23-37)25-29-17-19-31(20-18-29)30-14-8-5-9-15-30/h4-10,12-20,27,32-33,42H,11,21-26,38H2,1-3H3,(H,39,44)/t27-,32-,33-/m1/s1. The topological polar surface area (TPSA) is 116 Å². The lowest BCUT2D eigenvalue weighted by molar-refractivity contribution is -0.146. The van der Waals surface area contributed by atoms with E-state index >= 15 is 0 Å². The van der Waals surface area contributed by atoms with Gasteiger partial charge in [-0.2, -0.15) is 0 Å². The number of aliphatic hydroxyl groups is 1. The average Bonchev–Trinajstić information content (AvgIpc) is 3.04. The first-order valence-corrected chi connectivity index (χ1v) is 15.7.